The molecule has 2 aliphatic carbocycles. The minimum Gasteiger partial charge on any atom is -0.449 e. The molecule has 0 amide bonds. The number of aromatic nitrogens is 1. The number of pyridine rings is 1. The number of nitrogens with two attached hydrogens (primary N) is 2. The Labute approximate surface area is 161 Å². The standard InChI is InChI=1S/C18H17F3N4O4/c19-7-1-8(7)25-4-9(29-17(27)28)16(26)10-13(22)11(20)15(12(21)14(10)25)24-3-6-2-18(6,23)5-24/h4,6-8H,1-3,5,22-23H2,(H,27,28)/t6?,7-,8+,18?/m0/s1. The first-order chi connectivity index (χ1) is 13.6. The molecule has 29 heavy (non-hydrogen) atoms. The Balaban J connectivity index is 1.78. The van der Waals surface area contributed by atoms with Gasteiger partial charge in [-0.1, -0.05) is 0 Å². The lowest BCUT2D eigenvalue weighted by atomic mass is 10.1. The van der Waals surface area contributed by atoms with Crippen LogP contribution in [0.4, 0.5) is 29.3 Å². The van der Waals surface area contributed by atoms with Crippen molar-refractivity contribution in [1.82, 2.24) is 4.57 Å². The van der Waals surface area contributed by atoms with E-state index < -0.39 is 63.5 Å². The van der Waals surface area contributed by atoms with Crippen LogP contribution in [0.5, 0.6) is 5.75 Å². The predicted octanol–water partition coefficient (Wildman–Crippen LogP) is 1.74. The van der Waals surface area contributed by atoms with E-state index in [-0.39, 0.29) is 24.4 Å². The Hall–Kier alpha value is -2.95. The molecule has 154 valence electrons. The van der Waals surface area contributed by atoms with E-state index in [1.54, 1.807) is 0 Å². The Morgan fingerprint density at radius 3 is 2.59 bits per heavy atom. The van der Waals surface area contributed by atoms with Crippen LogP contribution in [0, 0.1) is 17.6 Å². The van der Waals surface area contributed by atoms with Gasteiger partial charge in [0.2, 0.25) is 5.43 Å². The summed E-state index contributed by atoms with van der Waals surface area (Å²) in [6, 6.07) is -0.839. The number of rotatable bonds is 3. The first-order valence-corrected chi connectivity index (χ1v) is 9.06. The van der Waals surface area contributed by atoms with Crippen LogP contribution in [0.3, 0.4) is 0 Å². The highest BCUT2D eigenvalue weighted by Gasteiger charge is 2.58. The van der Waals surface area contributed by atoms with Crippen LogP contribution in [-0.4, -0.2) is 40.6 Å². The van der Waals surface area contributed by atoms with E-state index >= 15 is 8.78 Å². The summed E-state index contributed by atoms with van der Waals surface area (Å²) in [6.07, 6.45) is -1.38. The number of benzene rings is 1. The fourth-order valence-electron chi connectivity index (χ4n) is 4.37. The molecule has 1 aromatic heterocycles. The summed E-state index contributed by atoms with van der Waals surface area (Å²) in [4.78, 5) is 25.0. The van der Waals surface area contributed by atoms with E-state index in [2.05, 4.69) is 4.74 Å². The van der Waals surface area contributed by atoms with Crippen molar-refractivity contribution in [2.75, 3.05) is 23.7 Å². The minimum absolute atomic E-state index is 0.0359. The third kappa shape index (κ3) is 2.49. The summed E-state index contributed by atoms with van der Waals surface area (Å²) in [6.45, 7) is 0.574. The van der Waals surface area contributed by atoms with Gasteiger partial charge in [-0.3, -0.25) is 4.79 Å². The van der Waals surface area contributed by atoms with Gasteiger partial charge in [0.05, 0.1) is 28.8 Å². The van der Waals surface area contributed by atoms with Crippen molar-refractivity contribution in [2.45, 2.75) is 30.6 Å². The number of hydrogen-bond donors (Lipinski definition) is 3. The van der Waals surface area contributed by atoms with E-state index in [0.29, 0.717) is 6.54 Å². The molecule has 0 spiro atoms. The van der Waals surface area contributed by atoms with Crippen molar-refractivity contribution in [3.05, 3.63) is 28.1 Å². The van der Waals surface area contributed by atoms with Crippen molar-refractivity contribution >= 4 is 28.4 Å². The summed E-state index contributed by atoms with van der Waals surface area (Å²) in [5, 5.41) is 8.26. The molecule has 11 heteroatoms. The number of fused-ring (bicyclic) bond motifs is 2. The Morgan fingerprint density at radius 1 is 1.34 bits per heavy atom. The lowest BCUT2D eigenvalue weighted by Gasteiger charge is -2.25. The van der Waals surface area contributed by atoms with Crippen molar-refractivity contribution in [2.24, 2.45) is 11.7 Å². The second-order valence-corrected chi connectivity index (χ2v) is 8.05. The van der Waals surface area contributed by atoms with Crippen LogP contribution >= 0.6 is 0 Å². The Bertz CT molecular complexity index is 1150. The van der Waals surface area contributed by atoms with Gasteiger partial charge in [-0.2, -0.15) is 0 Å². The van der Waals surface area contributed by atoms with Gasteiger partial charge < -0.3 is 30.8 Å². The van der Waals surface area contributed by atoms with Gasteiger partial charge in [0.25, 0.3) is 0 Å². The van der Waals surface area contributed by atoms with Gasteiger partial charge in [-0.15, -0.1) is 0 Å². The van der Waals surface area contributed by atoms with Crippen molar-refractivity contribution < 1.29 is 27.8 Å². The topological polar surface area (TPSA) is 124 Å². The maximum absolute atomic E-state index is 15.6. The van der Waals surface area contributed by atoms with Gasteiger partial charge in [0.1, 0.15) is 11.9 Å². The summed E-state index contributed by atoms with van der Waals surface area (Å²) >= 11 is 0. The minimum atomic E-state index is -1.79. The second-order valence-electron chi connectivity index (χ2n) is 8.05. The number of carbonyl (C=O) groups is 1. The number of nitrogen functional groups attached to an aromatic ring is 1. The number of piperidine rings is 1. The molecule has 5 rings (SSSR count). The molecule has 4 atom stereocenters. The molecule has 2 saturated carbocycles. The number of hydrogen-bond acceptors (Lipinski definition) is 6. The monoisotopic (exact) mass is 410 g/mol. The zero-order valence-electron chi connectivity index (χ0n) is 15.0. The normalized spacial score (nSPS) is 29.8. The van der Waals surface area contributed by atoms with Gasteiger partial charge in [0, 0.05) is 25.0 Å². The molecule has 1 aliphatic heterocycles. The first kappa shape index (κ1) is 18.1. The summed E-state index contributed by atoms with van der Waals surface area (Å²) in [7, 11) is 0. The van der Waals surface area contributed by atoms with E-state index in [9.17, 15) is 14.0 Å². The van der Waals surface area contributed by atoms with Crippen LogP contribution in [0.25, 0.3) is 10.9 Å². The molecule has 1 saturated heterocycles. The molecular formula is C18H17F3N4O4. The van der Waals surface area contributed by atoms with E-state index in [1.807, 2.05) is 0 Å². The highest BCUT2D eigenvalue weighted by atomic mass is 19.1. The summed E-state index contributed by atoms with van der Waals surface area (Å²) < 4.78 is 49.9. The van der Waals surface area contributed by atoms with Crippen LogP contribution < -0.4 is 26.5 Å². The number of alkyl halides is 1. The van der Waals surface area contributed by atoms with E-state index in [1.165, 1.54) is 4.90 Å². The molecule has 1 aromatic carbocycles. The van der Waals surface area contributed by atoms with Crippen molar-refractivity contribution in [1.29, 1.82) is 0 Å². The molecule has 0 bridgehead atoms. The molecule has 2 heterocycles. The quantitative estimate of drug-likeness (QED) is 0.520. The first-order valence-electron chi connectivity index (χ1n) is 9.06. The van der Waals surface area contributed by atoms with Gasteiger partial charge in [0.15, 0.2) is 17.4 Å². The average molecular weight is 410 g/mol. The fraction of sp³-hybridized carbons (Fsp3) is 0.444. The number of carboxylic acid groups (broad SMARTS) is 1. The maximum atomic E-state index is 15.6. The molecule has 8 nitrogen and oxygen atoms in total. The van der Waals surface area contributed by atoms with Crippen LogP contribution in [-0.2, 0) is 0 Å². The zero-order valence-corrected chi connectivity index (χ0v) is 15.0. The number of nitrogens with zero attached hydrogens (tertiary/aromatic N) is 2. The van der Waals surface area contributed by atoms with Crippen molar-refractivity contribution in [3.63, 3.8) is 0 Å². The summed E-state index contributed by atoms with van der Waals surface area (Å²) in [5.74, 6) is -2.78. The van der Waals surface area contributed by atoms with Gasteiger partial charge >= 0.3 is 6.16 Å². The largest absolute Gasteiger partial charge is 0.511 e. The number of anilines is 2. The van der Waals surface area contributed by atoms with E-state index in [0.717, 1.165) is 17.2 Å². The molecule has 2 unspecified atom stereocenters. The third-order valence-corrected chi connectivity index (χ3v) is 6.09. The maximum Gasteiger partial charge on any atom is 0.511 e. The van der Waals surface area contributed by atoms with E-state index in [4.69, 9.17) is 16.6 Å². The van der Waals surface area contributed by atoms with Crippen molar-refractivity contribution in [3.8, 4) is 5.75 Å². The van der Waals surface area contributed by atoms with Crippen LogP contribution in [0.2, 0.25) is 0 Å². The zero-order chi connectivity index (χ0) is 20.8. The smallest absolute Gasteiger partial charge is 0.449 e. The van der Waals surface area contributed by atoms with Gasteiger partial charge in [-0.05, 0) is 12.3 Å². The SMILES string of the molecule is Nc1c(F)c(N2CC3CC3(N)C2)c(F)c2c1c(=O)c(OC(=O)O)cn2[C@@H]1C[C@@H]1F. The van der Waals surface area contributed by atoms with Crippen LogP contribution in [0.1, 0.15) is 18.9 Å². The molecule has 2 aromatic rings. The Morgan fingerprint density at radius 2 is 2.03 bits per heavy atom. The molecule has 3 fully saturated rings. The predicted molar refractivity (Wildman–Crippen MR) is 97.0 cm³/mol. The lowest BCUT2D eigenvalue weighted by molar-refractivity contribution is 0.143. The summed E-state index contributed by atoms with van der Waals surface area (Å²) in [5.41, 5.74) is 8.96. The molecule has 0 radical (unpaired) electrons. The fourth-order valence-corrected chi connectivity index (χ4v) is 4.37. The average Bonchev–Trinajstić information content (AvgIpc) is 3.49. The Kier molecular flexibility index (Phi) is 3.47. The van der Waals surface area contributed by atoms with Gasteiger partial charge in [-0.25, -0.2) is 18.0 Å². The lowest BCUT2D eigenvalue weighted by Crippen LogP contribution is -2.34. The molecule has 5 N–H and O–H groups in total. The number of ether oxygens (including phenoxy) is 1. The molecule has 3 aliphatic rings. The molecular weight excluding hydrogens is 393 g/mol. The third-order valence-electron chi connectivity index (χ3n) is 6.09. The van der Waals surface area contributed by atoms with Crippen LogP contribution in [0.15, 0.2) is 11.0 Å². The number of halogens is 3. The highest BCUT2D eigenvalue weighted by molar-refractivity contribution is 5.96. The second kappa shape index (κ2) is 5.56. The highest BCUT2D eigenvalue weighted by Crippen LogP contribution is 2.50.